The van der Waals surface area contributed by atoms with Crippen LogP contribution in [0.1, 0.15) is 50.4 Å². The first kappa shape index (κ1) is 38.1. The fraction of sp³-hybridized carbons (Fsp3) is 0.515. The van der Waals surface area contributed by atoms with Gasteiger partial charge in [-0.2, -0.15) is 12.7 Å². The number of aryl methyl sites for hydroxylation is 1. The minimum atomic E-state index is -4.06. The zero-order valence-electron chi connectivity index (χ0n) is 28.8. The second-order valence-corrected chi connectivity index (χ2v) is 16.1. The van der Waals surface area contributed by atoms with Crippen LogP contribution in [0, 0.1) is 5.92 Å². The second-order valence-electron chi connectivity index (χ2n) is 12.5. The van der Waals surface area contributed by atoms with E-state index in [1.807, 2.05) is 13.8 Å². The Kier molecular flexibility index (Phi) is 12.7. The first-order valence-electron chi connectivity index (χ1n) is 16.1. The van der Waals surface area contributed by atoms with Crippen LogP contribution in [-0.4, -0.2) is 105 Å². The summed E-state index contributed by atoms with van der Waals surface area (Å²) in [5, 5.41) is 10.0. The normalized spacial score (nSPS) is 20.6. The summed E-state index contributed by atoms with van der Waals surface area (Å²) in [6, 6.07) is 9.98. The van der Waals surface area contributed by atoms with Crippen molar-refractivity contribution in [3.05, 3.63) is 60.6 Å². The number of rotatable bonds is 10. The number of fused-ring (bicyclic) bond motifs is 1. The maximum absolute atomic E-state index is 14.4. The van der Waals surface area contributed by atoms with Crippen molar-refractivity contribution in [1.29, 1.82) is 0 Å². The number of aliphatic hydroxyl groups is 1. The van der Waals surface area contributed by atoms with E-state index in [1.165, 1.54) is 64.7 Å². The molecule has 0 unspecified atom stereocenters. The summed E-state index contributed by atoms with van der Waals surface area (Å²) < 4.78 is 76.1. The minimum Gasteiger partial charge on any atom is -0.497 e. The Hall–Kier alpha value is -3.70. The number of amides is 1. The lowest BCUT2D eigenvalue weighted by atomic mass is 10.0. The van der Waals surface area contributed by atoms with Crippen LogP contribution in [-0.2, 0) is 31.8 Å². The van der Waals surface area contributed by atoms with Gasteiger partial charge < -0.3 is 28.8 Å². The van der Waals surface area contributed by atoms with Gasteiger partial charge in [0, 0.05) is 51.6 Å². The minimum absolute atomic E-state index is 0.0145. The van der Waals surface area contributed by atoms with E-state index in [-0.39, 0.29) is 58.6 Å². The summed E-state index contributed by atoms with van der Waals surface area (Å²) in [6.45, 7) is 5.58. The summed E-state index contributed by atoms with van der Waals surface area (Å²) in [5.74, 6) is -0.0735. The molecule has 49 heavy (non-hydrogen) atoms. The molecule has 0 aliphatic carbocycles. The van der Waals surface area contributed by atoms with Gasteiger partial charge in [-0.15, -0.1) is 0 Å². The predicted molar refractivity (Wildman–Crippen MR) is 184 cm³/mol. The van der Waals surface area contributed by atoms with Crippen molar-refractivity contribution >= 4 is 31.6 Å². The van der Waals surface area contributed by atoms with Gasteiger partial charge >= 0.3 is 0 Å². The lowest BCUT2D eigenvalue weighted by molar-refractivity contribution is -0.00833. The SMILES string of the molecule is COc1ccc(S(=O)(=O)N(C)C[C@H]2OCCCC[C@H](C)Oc3ccc(NS(=O)(=O)c4cn(C)cn4)cc3C(=O)N([C@@H](C)CO)C[C@H]2C)cc1. The van der Waals surface area contributed by atoms with Crippen LogP contribution in [0.3, 0.4) is 0 Å². The molecule has 4 atom stereocenters. The van der Waals surface area contributed by atoms with E-state index in [2.05, 4.69) is 9.71 Å². The Labute approximate surface area is 289 Å². The summed E-state index contributed by atoms with van der Waals surface area (Å²) in [6.07, 6.45) is 3.94. The van der Waals surface area contributed by atoms with Gasteiger partial charge in [0.25, 0.3) is 15.9 Å². The number of methoxy groups -OCH3 is 1. The van der Waals surface area contributed by atoms with Crippen LogP contribution < -0.4 is 14.2 Å². The highest BCUT2D eigenvalue weighted by atomic mass is 32.2. The molecule has 0 bridgehead atoms. The van der Waals surface area contributed by atoms with Crippen LogP contribution in [0.5, 0.6) is 11.5 Å². The molecule has 3 aromatic rings. The molecule has 2 N–H and O–H groups in total. The van der Waals surface area contributed by atoms with Crippen LogP contribution >= 0.6 is 0 Å². The first-order chi connectivity index (χ1) is 23.2. The summed E-state index contributed by atoms with van der Waals surface area (Å²) in [5.41, 5.74) is 0.237. The molecule has 4 rings (SSSR count). The fourth-order valence-corrected chi connectivity index (χ4v) is 7.68. The van der Waals surface area contributed by atoms with E-state index in [4.69, 9.17) is 14.2 Å². The standard InChI is InChI=1S/C33H47N5O9S2/c1-23-18-38(24(2)21-39)33(40)29-17-26(35-48(41,42)32-20-36(4)22-34-32)10-15-30(29)47-25(3)9-7-8-16-46-31(23)19-37(5)49(43,44)28-13-11-27(45-6)12-14-28/h10-15,17,20,22-25,31,35,39H,7-9,16,18-19,21H2,1-6H3/t23-,24+,25+,31-/m1/s1. The Morgan fingerprint density at radius 2 is 1.84 bits per heavy atom. The third-order valence-electron chi connectivity index (χ3n) is 8.46. The van der Waals surface area contributed by atoms with Gasteiger partial charge in [-0.3, -0.25) is 9.52 Å². The Morgan fingerprint density at radius 3 is 2.47 bits per heavy atom. The number of benzene rings is 2. The summed E-state index contributed by atoms with van der Waals surface area (Å²) in [7, 11) is -3.29. The molecule has 0 spiro atoms. The number of aliphatic hydroxyl groups excluding tert-OH is 1. The Bertz CT molecular complexity index is 1780. The van der Waals surface area contributed by atoms with E-state index in [0.29, 0.717) is 25.2 Å². The number of aromatic nitrogens is 2. The third-order valence-corrected chi connectivity index (χ3v) is 11.6. The number of hydrogen-bond acceptors (Lipinski definition) is 10. The maximum Gasteiger partial charge on any atom is 0.280 e. The highest BCUT2D eigenvalue weighted by Crippen LogP contribution is 2.30. The van der Waals surface area contributed by atoms with Gasteiger partial charge in [0.1, 0.15) is 11.5 Å². The predicted octanol–water partition coefficient (Wildman–Crippen LogP) is 3.35. The smallest absolute Gasteiger partial charge is 0.280 e. The quantitative estimate of drug-likeness (QED) is 0.317. The van der Waals surface area contributed by atoms with E-state index in [1.54, 1.807) is 32.2 Å². The van der Waals surface area contributed by atoms with Crippen molar-refractivity contribution in [3.63, 3.8) is 0 Å². The van der Waals surface area contributed by atoms with Gasteiger partial charge in [-0.25, -0.2) is 13.4 Å². The second kappa shape index (κ2) is 16.3. The molecule has 16 heteroatoms. The van der Waals surface area contributed by atoms with Crippen molar-refractivity contribution in [2.75, 3.05) is 45.2 Å². The van der Waals surface area contributed by atoms with E-state index in [0.717, 1.165) is 6.42 Å². The third kappa shape index (κ3) is 9.51. The number of nitrogens with one attached hydrogen (secondary N) is 1. The van der Waals surface area contributed by atoms with Gasteiger partial charge in [0.15, 0.2) is 5.03 Å². The number of ether oxygens (including phenoxy) is 3. The first-order valence-corrected chi connectivity index (χ1v) is 19.0. The molecule has 2 heterocycles. The molecule has 1 aliphatic heterocycles. The van der Waals surface area contributed by atoms with Gasteiger partial charge in [-0.05, 0) is 75.6 Å². The highest BCUT2D eigenvalue weighted by Gasteiger charge is 2.33. The van der Waals surface area contributed by atoms with Crippen molar-refractivity contribution in [1.82, 2.24) is 18.8 Å². The van der Waals surface area contributed by atoms with Gasteiger partial charge in [0.2, 0.25) is 10.0 Å². The zero-order valence-corrected chi connectivity index (χ0v) is 30.4. The maximum atomic E-state index is 14.4. The summed E-state index contributed by atoms with van der Waals surface area (Å²) >= 11 is 0. The number of likely N-dealkylation sites (N-methyl/N-ethyl adjacent to an activating group) is 1. The van der Waals surface area contributed by atoms with Crippen LogP contribution in [0.15, 0.2) is 64.9 Å². The van der Waals surface area contributed by atoms with Gasteiger partial charge in [0.05, 0.1) is 48.8 Å². The van der Waals surface area contributed by atoms with Crippen LogP contribution in [0.25, 0.3) is 0 Å². The van der Waals surface area contributed by atoms with E-state index >= 15 is 0 Å². The molecule has 2 aromatic carbocycles. The Morgan fingerprint density at radius 1 is 1.12 bits per heavy atom. The molecule has 1 aliphatic rings. The molecule has 0 saturated carbocycles. The number of sulfonamides is 2. The van der Waals surface area contributed by atoms with Crippen molar-refractivity contribution in [2.45, 2.75) is 68.2 Å². The molecule has 1 aromatic heterocycles. The van der Waals surface area contributed by atoms with E-state index in [9.17, 15) is 26.7 Å². The van der Waals surface area contributed by atoms with Crippen LogP contribution in [0.4, 0.5) is 5.69 Å². The number of anilines is 1. The molecule has 0 radical (unpaired) electrons. The van der Waals surface area contributed by atoms with Crippen molar-refractivity contribution < 1.29 is 40.9 Å². The van der Waals surface area contributed by atoms with Crippen LogP contribution in [0.2, 0.25) is 0 Å². The average Bonchev–Trinajstić information content (AvgIpc) is 3.53. The molecule has 1 amide bonds. The van der Waals surface area contributed by atoms with Gasteiger partial charge in [-0.1, -0.05) is 6.92 Å². The van der Waals surface area contributed by atoms with Crippen molar-refractivity contribution in [2.24, 2.45) is 13.0 Å². The molecule has 0 saturated heterocycles. The molecular formula is C33H47N5O9S2. The Balaban J connectivity index is 1.66. The number of hydrogen-bond donors (Lipinski definition) is 2. The lowest BCUT2D eigenvalue weighted by Gasteiger charge is -2.35. The molecule has 14 nitrogen and oxygen atoms in total. The number of nitrogens with zero attached hydrogens (tertiary/aromatic N) is 4. The molecule has 0 fully saturated rings. The number of carbonyl (C=O) groups is 1. The fourth-order valence-electron chi connectivity index (χ4n) is 5.46. The monoisotopic (exact) mass is 721 g/mol. The topological polar surface area (TPSA) is 170 Å². The molecular weight excluding hydrogens is 675 g/mol. The van der Waals surface area contributed by atoms with E-state index < -0.39 is 38.1 Å². The number of carbonyl (C=O) groups excluding carboxylic acids is 1. The summed E-state index contributed by atoms with van der Waals surface area (Å²) in [4.78, 5) is 19.9. The zero-order chi connectivity index (χ0) is 35.9. The lowest BCUT2D eigenvalue weighted by Crippen LogP contribution is -2.48. The average molecular weight is 722 g/mol. The van der Waals surface area contributed by atoms with Crippen molar-refractivity contribution in [3.8, 4) is 11.5 Å². The number of imidazole rings is 1. The molecule has 270 valence electrons. The highest BCUT2D eigenvalue weighted by molar-refractivity contribution is 7.92. The largest absolute Gasteiger partial charge is 0.497 e.